The van der Waals surface area contributed by atoms with Crippen LogP contribution in [0.1, 0.15) is 15.9 Å². The van der Waals surface area contributed by atoms with Crippen molar-refractivity contribution in [2.45, 2.75) is 6.92 Å². The zero-order chi connectivity index (χ0) is 15.4. The number of nitrogens with zero attached hydrogens (tertiary/aromatic N) is 1. The molecule has 2 rings (SSSR count). The normalized spacial score (nSPS) is 10.1. The summed E-state index contributed by atoms with van der Waals surface area (Å²) in [5.41, 5.74) is 6.72. The molecule has 21 heavy (non-hydrogen) atoms. The summed E-state index contributed by atoms with van der Waals surface area (Å²) in [6, 6.07) is 13.0. The van der Waals surface area contributed by atoms with Gasteiger partial charge in [0.05, 0.1) is 5.69 Å². The number of nitrogens with one attached hydrogen (secondary N) is 2. The molecule has 0 saturated carbocycles. The van der Waals surface area contributed by atoms with Crippen LogP contribution in [0.25, 0.3) is 0 Å². The van der Waals surface area contributed by atoms with Gasteiger partial charge in [-0.05, 0) is 48.9 Å². The molecule has 4 N–H and O–H groups in total. The lowest BCUT2D eigenvalue weighted by Gasteiger charge is -2.14. The van der Waals surface area contributed by atoms with Gasteiger partial charge in [-0.15, -0.1) is 0 Å². The summed E-state index contributed by atoms with van der Waals surface area (Å²) in [6.45, 7) is 1.90. The van der Waals surface area contributed by atoms with Crippen molar-refractivity contribution in [3.63, 3.8) is 0 Å². The number of aryl methyl sites for hydroxylation is 1. The summed E-state index contributed by atoms with van der Waals surface area (Å²) in [5.74, 6) is 5.25. The molecule has 5 nitrogen and oxygen atoms in total. The molecule has 0 aliphatic heterocycles. The zero-order valence-electron chi connectivity index (χ0n) is 12.5. The largest absolute Gasteiger partial charge is 0.378 e. The minimum absolute atomic E-state index is 0.141. The highest BCUT2D eigenvalue weighted by Crippen LogP contribution is 2.19. The molecule has 0 aliphatic rings. The molecule has 0 bridgehead atoms. The number of anilines is 3. The Kier molecular flexibility index (Phi) is 4.45. The first-order valence-electron chi connectivity index (χ1n) is 6.67. The number of rotatable bonds is 4. The van der Waals surface area contributed by atoms with Crippen LogP contribution in [0.15, 0.2) is 42.5 Å². The smallest absolute Gasteiger partial charge is 0.255 e. The number of benzene rings is 2. The lowest BCUT2D eigenvalue weighted by molar-refractivity contribution is 0.102. The fourth-order valence-corrected chi connectivity index (χ4v) is 2.03. The van der Waals surface area contributed by atoms with Gasteiger partial charge in [0, 0.05) is 31.0 Å². The van der Waals surface area contributed by atoms with Crippen molar-refractivity contribution in [2.24, 2.45) is 5.84 Å². The fourth-order valence-electron chi connectivity index (χ4n) is 2.03. The summed E-state index contributed by atoms with van der Waals surface area (Å²) in [4.78, 5) is 14.3. The minimum atomic E-state index is -0.141. The molecule has 0 spiro atoms. The molecule has 0 fully saturated rings. The Morgan fingerprint density at radius 1 is 1.14 bits per heavy atom. The van der Waals surface area contributed by atoms with E-state index in [1.165, 1.54) is 0 Å². The lowest BCUT2D eigenvalue weighted by atomic mass is 10.1. The van der Waals surface area contributed by atoms with Crippen molar-refractivity contribution in [1.29, 1.82) is 0 Å². The molecule has 1 amide bonds. The zero-order valence-corrected chi connectivity index (χ0v) is 12.5. The van der Waals surface area contributed by atoms with Gasteiger partial charge in [0.15, 0.2) is 0 Å². The Morgan fingerprint density at radius 3 is 2.52 bits per heavy atom. The van der Waals surface area contributed by atoms with Gasteiger partial charge in [-0.25, -0.2) is 0 Å². The molecule has 0 aliphatic carbocycles. The first-order chi connectivity index (χ1) is 10.0. The van der Waals surface area contributed by atoms with Gasteiger partial charge in [-0.1, -0.05) is 6.07 Å². The monoisotopic (exact) mass is 284 g/mol. The fraction of sp³-hybridized carbons (Fsp3) is 0.188. The van der Waals surface area contributed by atoms with Crippen molar-refractivity contribution in [3.05, 3.63) is 53.6 Å². The molecule has 0 aromatic heterocycles. The number of hydrazine groups is 1. The summed E-state index contributed by atoms with van der Waals surface area (Å²) < 4.78 is 0. The summed E-state index contributed by atoms with van der Waals surface area (Å²) in [6.07, 6.45) is 0. The Labute approximate surface area is 124 Å². The van der Waals surface area contributed by atoms with Gasteiger partial charge in [0.1, 0.15) is 0 Å². The van der Waals surface area contributed by atoms with Gasteiger partial charge in [0.25, 0.3) is 5.91 Å². The molecule has 110 valence electrons. The average Bonchev–Trinajstić information content (AvgIpc) is 2.47. The van der Waals surface area contributed by atoms with E-state index in [0.717, 1.165) is 22.6 Å². The summed E-state index contributed by atoms with van der Waals surface area (Å²) >= 11 is 0. The van der Waals surface area contributed by atoms with Gasteiger partial charge < -0.3 is 15.6 Å². The molecule has 0 unspecified atom stereocenters. The second-order valence-electron chi connectivity index (χ2n) is 5.07. The number of nitrogen functional groups attached to an aromatic ring is 1. The predicted octanol–water partition coefficient (Wildman–Crippen LogP) is 2.60. The minimum Gasteiger partial charge on any atom is -0.378 e. The van der Waals surface area contributed by atoms with Crippen LogP contribution in [0.4, 0.5) is 17.1 Å². The van der Waals surface area contributed by atoms with Crippen LogP contribution >= 0.6 is 0 Å². The molecule has 0 radical (unpaired) electrons. The van der Waals surface area contributed by atoms with Crippen LogP contribution in [0.2, 0.25) is 0 Å². The number of hydrogen-bond acceptors (Lipinski definition) is 4. The first kappa shape index (κ1) is 14.9. The maximum Gasteiger partial charge on any atom is 0.255 e. The highest BCUT2D eigenvalue weighted by atomic mass is 16.1. The van der Waals surface area contributed by atoms with Crippen LogP contribution in [0.3, 0.4) is 0 Å². The number of nitrogens with two attached hydrogens (primary N) is 1. The predicted molar refractivity (Wildman–Crippen MR) is 87.7 cm³/mol. The topological polar surface area (TPSA) is 70.4 Å². The Balaban J connectivity index is 2.18. The van der Waals surface area contributed by atoms with Crippen LogP contribution in [0, 0.1) is 6.92 Å². The van der Waals surface area contributed by atoms with Crippen molar-refractivity contribution < 1.29 is 4.79 Å². The second-order valence-corrected chi connectivity index (χ2v) is 5.07. The van der Waals surface area contributed by atoms with Gasteiger partial charge in [-0.2, -0.15) is 0 Å². The van der Waals surface area contributed by atoms with E-state index in [4.69, 9.17) is 5.84 Å². The summed E-state index contributed by atoms with van der Waals surface area (Å²) in [5, 5.41) is 2.90. The van der Waals surface area contributed by atoms with Crippen LogP contribution < -0.4 is 21.5 Å². The molecule has 5 heteroatoms. The molecular formula is C16H20N4O. The standard InChI is InChI=1S/C16H20N4O/c1-11-9-12(7-8-15(11)19-17)16(21)18-13-5-4-6-14(10-13)20(2)3/h4-10,19H,17H2,1-3H3,(H,18,21). The van der Waals surface area contributed by atoms with E-state index in [2.05, 4.69) is 10.7 Å². The summed E-state index contributed by atoms with van der Waals surface area (Å²) in [7, 11) is 3.92. The Hall–Kier alpha value is -2.53. The highest BCUT2D eigenvalue weighted by Gasteiger charge is 2.08. The van der Waals surface area contributed by atoms with E-state index in [1.807, 2.05) is 50.2 Å². The Bertz CT molecular complexity index is 652. The van der Waals surface area contributed by atoms with E-state index >= 15 is 0 Å². The van der Waals surface area contributed by atoms with E-state index in [0.29, 0.717) is 5.56 Å². The van der Waals surface area contributed by atoms with Gasteiger partial charge >= 0.3 is 0 Å². The third-order valence-electron chi connectivity index (χ3n) is 3.26. The van der Waals surface area contributed by atoms with Gasteiger partial charge in [0.2, 0.25) is 0 Å². The molecule has 2 aromatic rings. The Morgan fingerprint density at radius 2 is 1.90 bits per heavy atom. The number of hydrogen-bond donors (Lipinski definition) is 3. The van der Waals surface area contributed by atoms with E-state index in [-0.39, 0.29) is 5.91 Å². The third kappa shape index (κ3) is 3.52. The van der Waals surface area contributed by atoms with E-state index < -0.39 is 0 Å². The van der Waals surface area contributed by atoms with Crippen molar-refractivity contribution in [2.75, 3.05) is 29.7 Å². The molecule has 2 aromatic carbocycles. The highest BCUT2D eigenvalue weighted by molar-refractivity contribution is 6.04. The maximum atomic E-state index is 12.3. The maximum absolute atomic E-state index is 12.3. The van der Waals surface area contributed by atoms with Crippen LogP contribution in [-0.4, -0.2) is 20.0 Å². The second kappa shape index (κ2) is 6.28. The van der Waals surface area contributed by atoms with Gasteiger partial charge in [-0.3, -0.25) is 10.6 Å². The number of carbonyl (C=O) groups is 1. The molecular weight excluding hydrogens is 264 g/mol. The molecule has 0 saturated heterocycles. The lowest BCUT2D eigenvalue weighted by Crippen LogP contribution is -2.14. The van der Waals surface area contributed by atoms with E-state index in [1.54, 1.807) is 18.2 Å². The van der Waals surface area contributed by atoms with Crippen LogP contribution in [-0.2, 0) is 0 Å². The average molecular weight is 284 g/mol. The molecule has 0 atom stereocenters. The van der Waals surface area contributed by atoms with Crippen LogP contribution in [0.5, 0.6) is 0 Å². The van der Waals surface area contributed by atoms with E-state index in [9.17, 15) is 4.79 Å². The first-order valence-corrected chi connectivity index (χ1v) is 6.67. The number of carbonyl (C=O) groups excluding carboxylic acids is 1. The SMILES string of the molecule is Cc1cc(C(=O)Nc2cccc(N(C)C)c2)ccc1NN. The number of amides is 1. The van der Waals surface area contributed by atoms with Crippen molar-refractivity contribution >= 4 is 23.0 Å². The van der Waals surface area contributed by atoms with Crippen molar-refractivity contribution in [3.8, 4) is 0 Å². The van der Waals surface area contributed by atoms with Crippen molar-refractivity contribution in [1.82, 2.24) is 0 Å². The quantitative estimate of drug-likeness (QED) is 0.596. The third-order valence-corrected chi connectivity index (χ3v) is 3.26. The molecule has 0 heterocycles.